The highest BCUT2D eigenvalue weighted by Crippen LogP contribution is 2.38. The van der Waals surface area contributed by atoms with Gasteiger partial charge in [0.15, 0.2) is 0 Å². The van der Waals surface area contributed by atoms with Crippen molar-refractivity contribution in [3.8, 4) is 11.1 Å². The van der Waals surface area contributed by atoms with E-state index in [9.17, 15) is 19.1 Å². The number of aromatic nitrogens is 3. The average Bonchev–Trinajstić information content (AvgIpc) is 3.22. The Kier molecular flexibility index (Phi) is 6.98. The SMILES string of the molecule is O=c1cc(-c2cn(COP(=O)(O)O)c3ncc(N4CCOCC4)cc23)ccn1Cc1cccc(Cl)c1. The Bertz CT molecular complexity index is 1510. The van der Waals surface area contributed by atoms with Crippen molar-refractivity contribution in [1.82, 2.24) is 14.1 Å². The first-order valence-electron chi connectivity index (χ1n) is 11.2. The smallest absolute Gasteiger partial charge is 0.378 e. The number of rotatable bonds is 7. The number of ether oxygens (including phenoxy) is 1. The van der Waals surface area contributed by atoms with Gasteiger partial charge >= 0.3 is 7.82 Å². The fourth-order valence-electron chi connectivity index (χ4n) is 4.26. The molecule has 1 aliphatic rings. The van der Waals surface area contributed by atoms with Crippen LogP contribution in [0.3, 0.4) is 0 Å². The molecule has 0 unspecified atom stereocenters. The maximum atomic E-state index is 13.0. The summed E-state index contributed by atoms with van der Waals surface area (Å²) in [5.41, 5.74) is 3.45. The molecule has 12 heteroatoms. The third kappa shape index (κ3) is 5.54. The van der Waals surface area contributed by atoms with Gasteiger partial charge < -0.3 is 28.6 Å². The number of nitrogens with zero attached hydrogens (tertiary/aromatic N) is 4. The summed E-state index contributed by atoms with van der Waals surface area (Å²) >= 11 is 6.07. The Morgan fingerprint density at radius 1 is 1.11 bits per heavy atom. The zero-order chi connectivity index (χ0) is 25.3. The van der Waals surface area contributed by atoms with Crippen LogP contribution in [0.2, 0.25) is 5.02 Å². The molecule has 0 radical (unpaired) electrons. The molecule has 1 fully saturated rings. The largest absolute Gasteiger partial charge is 0.471 e. The number of fused-ring (bicyclic) bond motifs is 1. The Balaban J connectivity index is 1.54. The van der Waals surface area contributed by atoms with Crippen LogP contribution >= 0.6 is 19.4 Å². The second-order valence-electron chi connectivity index (χ2n) is 8.44. The summed E-state index contributed by atoms with van der Waals surface area (Å²) in [6.45, 7) is 2.67. The number of hydrogen-bond acceptors (Lipinski definition) is 6. The minimum absolute atomic E-state index is 0.197. The van der Waals surface area contributed by atoms with E-state index in [1.807, 2.05) is 30.3 Å². The number of pyridine rings is 2. The number of hydrogen-bond donors (Lipinski definition) is 2. The number of anilines is 1. The van der Waals surface area contributed by atoms with E-state index in [4.69, 9.17) is 20.9 Å². The third-order valence-electron chi connectivity index (χ3n) is 5.99. The average molecular weight is 531 g/mol. The van der Waals surface area contributed by atoms with E-state index in [2.05, 4.69) is 9.88 Å². The summed E-state index contributed by atoms with van der Waals surface area (Å²) in [6, 6.07) is 12.7. The molecule has 1 aromatic carbocycles. The van der Waals surface area contributed by atoms with Crippen LogP contribution < -0.4 is 10.5 Å². The van der Waals surface area contributed by atoms with Crippen molar-refractivity contribution in [2.75, 3.05) is 31.2 Å². The Morgan fingerprint density at radius 3 is 2.64 bits per heavy atom. The molecule has 4 aromatic rings. The standard InChI is InChI=1S/C24H24ClN4O6P/c25-19-3-1-2-17(10-19)14-28-5-4-18(11-23(28)30)22-15-29(16-35-36(31,32)33)24-21(22)12-20(13-26-24)27-6-8-34-9-7-27/h1-5,10-13,15H,6-9,14,16H2,(H2,31,32,33). The maximum absolute atomic E-state index is 13.0. The van der Waals surface area contributed by atoms with Crippen molar-refractivity contribution in [3.05, 3.63) is 82.0 Å². The molecule has 3 aromatic heterocycles. The number of phosphoric acid groups is 1. The van der Waals surface area contributed by atoms with Gasteiger partial charge in [-0.2, -0.15) is 0 Å². The van der Waals surface area contributed by atoms with Crippen LogP contribution in [0.1, 0.15) is 5.56 Å². The number of morpholine rings is 1. The van der Waals surface area contributed by atoms with Gasteiger partial charge in [-0.1, -0.05) is 23.7 Å². The van der Waals surface area contributed by atoms with Gasteiger partial charge in [0.1, 0.15) is 12.4 Å². The van der Waals surface area contributed by atoms with Gasteiger partial charge in [0, 0.05) is 47.5 Å². The molecule has 4 heterocycles. The summed E-state index contributed by atoms with van der Waals surface area (Å²) in [5.74, 6) is 0. The topological polar surface area (TPSA) is 119 Å². The Labute approximate surface area is 211 Å². The van der Waals surface area contributed by atoms with Gasteiger partial charge in [0.05, 0.1) is 31.6 Å². The first kappa shape index (κ1) is 24.7. The Morgan fingerprint density at radius 2 is 1.92 bits per heavy atom. The minimum Gasteiger partial charge on any atom is -0.378 e. The molecule has 1 aliphatic heterocycles. The summed E-state index contributed by atoms with van der Waals surface area (Å²) in [5, 5.41) is 1.34. The van der Waals surface area contributed by atoms with Crippen molar-refractivity contribution in [2.24, 2.45) is 0 Å². The molecule has 188 valence electrons. The summed E-state index contributed by atoms with van der Waals surface area (Å²) in [6.07, 6.45) is 5.12. The zero-order valence-electron chi connectivity index (χ0n) is 19.2. The highest BCUT2D eigenvalue weighted by molar-refractivity contribution is 7.46. The summed E-state index contributed by atoms with van der Waals surface area (Å²) in [7, 11) is -4.69. The Hall–Kier alpha value is -2.98. The lowest BCUT2D eigenvalue weighted by Crippen LogP contribution is -2.36. The molecular weight excluding hydrogens is 507 g/mol. The third-order valence-corrected chi connectivity index (χ3v) is 6.68. The molecule has 0 amide bonds. The van der Waals surface area contributed by atoms with Crippen LogP contribution in [0.15, 0.2) is 65.8 Å². The number of phosphoric ester groups is 1. The lowest BCUT2D eigenvalue weighted by Gasteiger charge is -2.28. The van der Waals surface area contributed by atoms with Crippen LogP contribution in [0.4, 0.5) is 5.69 Å². The minimum atomic E-state index is -4.69. The van der Waals surface area contributed by atoms with E-state index in [-0.39, 0.29) is 5.56 Å². The number of benzene rings is 1. The van der Waals surface area contributed by atoms with E-state index in [0.29, 0.717) is 41.6 Å². The van der Waals surface area contributed by atoms with Crippen LogP contribution in [-0.4, -0.2) is 50.2 Å². The summed E-state index contributed by atoms with van der Waals surface area (Å²) in [4.78, 5) is 38.0. The normalized spacial score (nSPS) is 14.5. The van der Waals surface area contributed by atoms with E-state index in [1.165, 1.54) is 10.6 Å². The van der Waals surface area contributed by atoms with Gasteiger partial charge in [-0.25, -0.2) is 9.55 Å². The van der Waals surface area contributed by atoms with Crippen molar-refractivity contribution in [1.29, 1.82) is 0 Å². The molecule has 2 N–H and O–H groups in total. The van der Waals surface area contributed by atoms with Crippen LogP contribution in [0.5, 0.6) is 0 Å². The van der Waals surface area contributed by atoms with Gasteiger partial charge in [-0.15, -0.1) is 0 Å². The summed E-state index contributed by atoms with van der Waals surface area (Å²) < 4.78 is 24.6. The van der Waals surface area contributed by atoms with E-state index in [1.54, 1.807) is 29.2 Å². The predicted octanol–water partition coefficient (Wildman–Crippen LogP) is 3.47. The van der Waals surface area contributed by atoms with E-state index in [0.717, 1.165) is 29.7 Å². The first-order valence-corrected chi connectivity index (χ1v) is 13.1. The first-order chi connectivity index (χ1) is 17.3. The fraction of sp³-hybridized carbons (Fsp3) is 0.250. The highest BCUT2D eigenvalue weighted by Gasteiger charge is 2.20. The quantitative estimate of drug-likeness (QED) is 0.349. The fourth-order valence-corrected chi connectivity index (χ4v) is 4.75. The molecular formula is C24H24ClN4O6P. The molecule has 0 atom stereocenters. The monoisotopic (exact) mass is 530 g/mol. The van der Waals surface area contributed by atoms with Gasteiger partial charge in [0.2, 0.25) is 0 Å². The van der Waals surface area contributed by atoms with Crippen LogP contribution in [-0.2, 0) is 27.1 Å². The zero-order valence-corrected chi connectivity index (χ0v) is 20.8. The second kappa shape index (κ2) is 10.2. The molecule has 10 nitrogen and oxygen atoms in total. The lowest BCUT2D eigenvalue weighted by atomic mass is 10.1. The molecule has 0 aliphatic carbocycles. The van der Waals surface area contributed by atoms with E-state index < -0.39 is 14.6 Å². The number of halogens is 1. The van der Waals surface area contributed by atoms with Crippen molar-refractivity contribution in [3.63, 3.8) is 0 Å². The molecule has 0 saturated carbocycles. The van der Waals surface area contributed by atoms with Crippen molar-refractivity contribution in [2.45, 2.75) is 13.3 Å². The molecule has 5 rings (SSSR count). The van der Waals surface area contributed by atoms with Crippen LogP contribution in [0, 0.1) is 0 Å². The van der Waals surface area contributed by atoms with Gasteiger partial charge in [0.25, 0.3) is 5.56 Å². The van der Waals surface area contributed by atoms with Crippen LogP contribution in [0.25, 0.3) is 22.2 Å². The molecule has 36 heavy (non-hydrogen) atoms. The highest BCUT2D eigenvalue weighted by atomic mass is 35.5. The molecule has 0 bridgehead atoms. The maximum Gasteiger partial charge on any atom is 0.471 e. The van der Waals surface area contributed by atoms with Gasteiger partial charge in [-0.05, 0) is 35.4 Å². The van der Waals surface area contributed by atoms with Crippen molar-refractivity contribution < 1.29 is 23.6 Å². The predicted molar refractivity (Wildman–Crippen MR) is 136 cm³/mol. The molecule has 0 spiro atoms. The van der Waals surface area contributed by atoms with E-state index >= 15 is 0 Å². The lowest BCUT2D eigenvalue weighted by molar-refractivity contribution is 0.122. The molecule has 1 saturated heterocycles. The van der Waals surface area contributed by atoms with Gasteiger partial charge in [-0.3, -0.25) is 9.32 Å². The van der Waals surface area contributed by atoms with Crippen molar-refractivity contribution >= 4 is 36.1 Å². The second-order valence-corrected chi connectivity index (χ2v) is 10.1.